The fourth-order valence-electron chi connectivity index (χ4n) is 2.85. The number of hydrogen-bond donors (Lipinski definition) is 1. The van der Waals surface area contributed by atoms with Gasteiger partial charge in [-0.1, -0.05) is 0 Å². The van der Waals surface area contributed by atoms with Crippen molar-refractivity contribution in [1.82, 2.24) is 24.7 Å². The van der Waals surface area contributed by atoms with Crippen LogP contribution in [0.2, 0.25) is 0 Å². The molecule has 0 aliphatic rings. The molecule has 0 amide bonds. The summed E-state index contributed by atoms with van der Waals surface area (Å²) in [4.78, 5) is 12.2. The standard InChI is InChI=1S/C16H12N6O/c1-9-14-15(19-8-18-14)13-11(21-9)6-12(23-2)10(7-17)16(13)22-5-3-4-20-22/h3-6,8H,1-2H3,(H,18,19). The molecule has 3 heterocycles. The van der Waals surface area contributed by atoms with E-state index in [0.717, 1.165) is 22.1 Å². The first kappa shape index (κ1) is 13.3. The van der Waals surface area contributed by atoms with Gasteiger partial charge in [-0.15, -0.1) is 0 Å². The minimum Gasteiger partial charge on any atom is -0.495 e. The van der Waals surface area contributed by atoms with Crippen molar-refractivity contribution in [3.05, 3.63) is 42.1 Å². The van der Waals surface area contributed by atoms with Crippen LogP contribution in [0.5, 0.6) is 5.75 Å². The van der Waals surface area contributed by atoms with Crippen LogP contribution in [0, 0.1) is 18.3 Å². The molecule has 0 atom stereocenters. The topological polar surface area (TPSA) is 92.4 Å². The largest absolute Gasteiger partial charge is 0.495 e. The summed E-state index contributed by atoms with van der Waals surface area (Å²) in [6, 6.07) is 5.78. The second-order valence-electron chi connectivity index (χ2n) is 5.08. The number of methoxy groups -OCH3 is 1. The second-order valence-corrected chi connectivity index (χ2v) is 5.08. The Morgan fingerprint density at radius 1 is 1.39 bits per heavy atom. The van der Waals surface area contributed by atoms with Crippen molar-refractivity contribution in [2.45, 2.75) is 6.92 Å². The lowest BCUT2D eigenvalue weighted by atomic mass is 10.0. The smallest absolute Gasteiger partial charge is 0.141 e. The highest BCUT2D eigenvalue weighted by molar-refractivity contribution is 6.09. The van der Waals surface area contributed by atoms with E-state index in [-0.39, 0.29) is 0 Å². The van der Waals surface area contributed by atoms with Gasteiger partial charge in [0, 0.05) is 18.5 Å². The number of aromatic nitrogens is 5. The summed E-state index contributed by atoms with van der Waals surface area (Å²) in [5.41, 5.74) is 4.18. The zero-order valence-corrected chi connectivity index (χ0v) is 12.5. The summed E-state index contributed by atoms with van der Waals surface area (Å²) in [6.07, 6.45) is 5.07. The molecule has 3 aromatic heterocycles. The number of pyridine rings is 1. The van der Waals surface area contributed by atoms with Crippen LogP contribution in [0.3, 0.4) is 0 Å². The van der Waals surface area contributed by atoms with Gasteiger partial charge in [-0.25, -0.2) is 9.67 Å². The quantitative estimate of drug-likeness (QED) is 0.614. The van der Waals surface area contributed by atoms with Crippen LogP contribution >= 0.6 is 0 Å². The molecule has 0 radical (unpaired) electrons. The van der Waals surface area contributed by atoms with Gasteiger partial charge in [0.2, 0.25) is 0 Å². The number of nitrogens with zero attached hydrogens (tertiary/aromatic N) is 5. The number of hydrogen-bond acceptors (Lipinski definition) is 5. The second kappa shape index (κ2) is 4.81. The summed E-state index contributed by atoms with van der Waals surface area (Å²) in [6.45, 7) is 1.91. The number of imidazole rings is 1. The summed E-state index contributed by atoms with van der Waals surface area (Å²) in [7, 11) is 1.54. The number of rotatable bonds is 2. The van der Waals surface area contributed by atoms with Gasteiger partial charge >= 0.3 is 0 Å². The number of aromatic amines is 1. The normalized spacial score (nSPS) is 11.0. The van der Waals surface area contributed by atoms with Crippen LogP contribution in [0.4, 0.5) is 0 Å². The van der Waals surface area contributed by atoms with E-state index in [9.17, 15) is 5.26 Å². The summed E-state index contributed by atoms with van der Waals surface area (Å²) in [5.74, 6) is 0.465. The molecule has 1 aromatic carbocycles. The lowest BCUT2D eigenvalue weighted by molar-refractivity contribution is 0.413. The molecule has 4 rings (SSSR count). The van der Waals surface area contributed by atoms with Crippen molar-refractivity contribution < 1.29 is 4.74 Å². The van der Waals surface area contributed by atoms with Gasteiger partial charge in [0.1, 0.15) is 22.9 Å². The first-order valence-electron chi connectivity index (χ1n) is 6.99. The molecule has 0 unspecified atom stereocenters. The van der Waals surface area contributed by atoms with Crippen LogP contribution in [-0.2, 0) is 0 Å². The van der Waals surface area contributed by atoms with Crippen molar-refractivity contribution in [1.29, 1.82) is 5.26 Å². The maximum Gasteiger partial charge on any atom is 0.141 e. The molecule has 0 saturated carbocycles. The molecular weight excluding hydrogens is 292 g/mol. The summed E-state index contributed by atoms with van der Waals surface area (Å²) in [5, 5.41) is 14.7. The molecule has 0 fully saturated rings. The van der Waals surface area contributed by atoms with E-state index >= 15 is 0 Å². The highest BCUT2D eigenvalue weighted by Crippen LogP contribution is 2.36. The molecule has 23 heavy (non-hydrogen) atoms. The Morgan fingerprint density at radius 2 is 2.26 bits per heavy atom. The lowest BCUT2D eigenvalue weighted by Gasteiger charge is -2.13. The third-order valence-electron chi connectivity index (χ3n) is 3.84. The first-order chi connectivity index (χ1) is 11.2. The Hall–Kier alpha value is -3.40. The first-order valence-corrected chi connectivity index (χ1v) is 6.99. The average Bonchev–Trinajstić information content (AvgIpc) is 3.24. The Bertz CT molecular complexity index is 1070. The molecule has 4 aromatic rings. The molecule has 112 valence electrons. The third kappa shape index (κ3) is 1.78. The van der Waals surface area contributed by atoms with Crippen molar-refractivity contribution >= 4 is 21.9 Å². The predicted molar refractivity (Wildman–Crippen MR) is 84.5 cm³/mol. The Balaban J connectivity index is 2.30. The van der Waals surface area contributed by atoms with Crippen LogP contribution in [0.1, 0.15) is 11.3 Å². The third-order valence-corrected chi connectivity index (χ3v) is 3.84. The molecule has 7 nitrogen and oxygen atoms in total. The van der Waals surface area contributed by atoms with Gasteiger partial charge < -0.3 is 9.72 Å². The fourth-order valence-corrected chi connectivity index (χ4v) is 2.85. The monoisotopic (exact) mass is 304 g/mol. The summed E-state index contributed by atoms with van der Waals surface area (Å²) >= 11 is 0. The zero-order chi connectivity index (χ0) is 16.0. The fraction of sp³-hybridized carbons (Fsp3) is 0.125. The van der Waals surface area contributed by atoms with E-state index < -0.39 is 0 Å². The maximum atomic E-state index is 9.65. The minimum atomic E-state index is 0.402. The van der Waals surface area contributed by atoms with Crippen molar-refractivity contribution in [3.63, 3.8) is 0 Å². The predicted octanol–water partition coefficient (Wildman–Crippen LogP) is 2.49. The van der Waals surface area contributed by atoms with E-state index in [2.05, 4.69) is 26.1 Å². The number of fused-ring (bicyclic) bond motifs is 3. The molecule has 1 N–H and O–H groups in total. The molecule has 0 saturated heterocycles. The molecular formula is C16H12N6O. The van der Waals surface area contributed by atoms with Gasteiger partial charge in [-0.3, -0.25) is 4.98 Å². The Morgan fingerprint density at radius 3 is 2.96 bits per heavy atom. The van der Waals surface area contributed by atoms with E-state index in [1.165, 1.54) is 7.11 Å². The van der Waals surface area contributed by atoms with Crippen molar-refractivity contribution in [2.75, 3.05) is 7.11 Å². The van der Waals surface area contributed by atoms with Gasteiger partial charge in [0.25, 0.3) is 0 Å². The van der Waals surface area contributed by atoms with Gasteiger partial charge in [0.05, 0.1) is 41.2 Å². The van der Waals surface area contributed by atoms with Gasteiger partial charge in [-0.05, 0) is 13.0 Å². The lowest BCUT2D eigenvalue weighted by Crippen LogP contribution is -2.03. The van der Waals surface area contributed by atoms with Gasteiger partial charge in [0.15, 0.2) is 0 Å². The van der Waals surface area contributed by atoms with E-state index in [1.54, 1.807) is 35.5 Å². The van der Waals surface area contributed by atoms with Crippen molar-refractivity contribution in [2.24, 2.45) is 0 Å². The molecule has 7 heteroatoms. The Kier molecular flexibility index (Phi) is 2.78. The van der Waals surface area contributed by atoms with Crippen LogP contribution in [0.15, 0.2) is 30.9 Å². The number of nitriles is 1. The van der Waals surface area contributed by atoms with E-state index in [1.807, 2.05) is 6.92 Å². The van der Waals surface area contributed by atoms with Crippen molar-refractivity contribution in [3.8, 4) is 17.5 Å². The van der Waals surface area contributed by atoms with Gasteiger partial charge in [-0.2, -0.15) is 10.4 Å². The number of ether oxygens (including phenoxy) is 1. The van der Waals surface area contributed by atoms with Crippen LogP contribution < -0.4 is 4.74 Å². The SMILES string of the molecule is COc1cc2nc(C)c3[nH]cnc3c2c(-n2cccn2)c1C#N. The minimum absolute atomic E-state index is 0.402. The number of H-pyrrole nitrogens is 1. The number of aryl methyl sites for hydroxylation is 1. The molecule has 0 spiro atoms. The van der Waals surface area contributed by atoms with Crippen LogP contribution in [0.25, 0.3) is 27.6 Å². The zero-order valence-electron chi connectivity index (χ0n) is 12.5. The molecule has 0 aliphatic heterocycles. The van der Waals surface area contributed by atoms with E-state index in [4.69, 9.17) is 4.74 Å². The summed E-state index contributed by atoms with van der Waals surface area (Å²) < 4.78 is 7.03. The highest BCUT2D eigenvalue weighted by Gasteiger charge is 2.21. The highest BCUT2D eigenvalue weighted by atomic mass is 16.5. The number of benzene rings is 1. The number of nitrogens with one attached hydrogen (secondary N) is 1. The Labute approximate surface area is 131 Å². The molecule has 0 bridgehead atoms. The van der Waals surface area contributed by atoms with E-state index in [0.29, 0.717) is 22.5 Å². The maximum absolute atomic E-state index is 9.65. The average molecular weight is 304 g/mol. The van der Waals surface area contributed by atoms with Crippen LogP contribution in [-0.4, -0.2) is 31.8 Å². The molecule has 0 aliphatic carbocycles.